The van der Waals surface area contributed by atoms with E-state index in [1.807, 2.05) is 6.92 Å². The van der Waals surface area contributed by atoms with E-state index < -0.39 is 0 Å². The zero-order chi connectivity index (χ0) is 11.0. The molecule has 1 aliphatic heterocycles. The van der Waals surface area contributed by atoms with Gasteiger partial charge in [0.1, 0.15) is 5.35 Å². The Hall–Kier alpha value is -1.13. The molecule has 1 aliphatic carbocycles. The van der Waals surface area contributed by atoms with Crippen molar-refractivity contribution in [3.8, 4) is 0 Å². The van der Waals surface area contributed by atoms with Crippen LogP contribution in [0.2, 0.25) is 0 Å². The standard InChI is InChI=1S/C12H17N3O/c1-9-14-11-3-2-10(8-12(11)16-9)15-6-4-13-5-7-15/h3,8,10,13H,2,4-7H2,1H3. The monoisotopic (exact) mass is 219 g/mol. The molecular formula is C12H17N3O. The van der Waals surface area contributed by atoms with E-state index in [-0.39, 0.29) is 0 Å². The number of piperazine rings is 1. The van der Waals surface area contributed by atoms with Gasteiger partial charge in [0, 0.05) is 39.1 Å². The molecule has 4 nitrogen and oxygen atoms in total. The number of nitrogens with zero attached hydrogens (tertiary/aromatic N) is 2. The van der Waals surface area contributed by atoms with E-state index in [0.29, 0.717) is 6.04 Å². The zero-order valence-corrected chi connectivity index (χ0v) is 9.57. The lowest BCUT2D eigenvalue weighted by Crippen LogP contribution is -2.49. The quantitative estimate of drug-likeness (QED) is 0.673. The molecule has 1 saturated heterocycles. The molecule has 2 aliphatic rings. The number of fused-ring (bicyclic) bond motifs is 1. The largest absolute Gasteiger partial charge is 0.441 e. The van der Waals surface area contributed by atoms with Gasteiger partial charge in [0.25, 0.3) is 0 Å². The average molecular weight is 219 g/mol. The van der Waals surface area contributed by atoms with Crippen molar-refractivity contribution in [2.45, 2.75) is 19.4 Å². The van der Waals surface area contributed by atoms with Gasteiger partial charge < -0.3 is 9.73 Å². The van der Waals surface area contributed by atoms with Crippen molar-refractivity contribution in [1.29, 1.82) is 0 Å². The van der Waals surface area contributed by atoms with Gasteiger partial charge in [-0.2, -0.15) is 0 Å². The molecule has 1 N–H and O–H groups in total. The Bertz CT molecular complexity index is 485. The van der Waals surface area contributed by atoms with Crippen LogP contribution in [0.3, 0.4) is 0 Å². The summed E-state index contributed by atoms with van der Waals surface area (Å²) in [6, 6.07) is 0.488. The molecular weight excluding hydrogens is 202 g/mol. The summed E-state index contributed by atoms with van der Waals surface area (Å²) in [5, 5.41) is 4.39. The molecule has 1 unspecified atom stereocenters. The van der Waals surface area contributed by atoms with Gasteiger partial charge in [0.05, 0.1) is 0 Å². The maximum atomic E-state index is 5.59. The van der Waals surface area contributed by atoms with Crippen molar-refractivity contribution >= 4 is 12.2 Å². The summed E-state index contributed by atoms with van der Waals surface area (Å²) >= 11 is 0. The predicted octanol–water partition coefficient (Wildman–Crippen LogP) is -0.778. The Morgan fingerprint density at radius 1 is 1.44 bits per heavy atom. The van der Waals surface area contributed by atoms with Gasteiger partial charge in [0.15, 0.2) is 11.3 Å². The zero-order valence-electron chi connectivity index (χ0n) is 9.57. The topological polar surface area (TPSA) is 41.3 Å². The highest BCUT2D eigenvalue weighted by Gasteiger charge is 2.20. The van der Waals surface area contributed by atoms with E-state index in [4.69, 9.17) is 4.42 Å². The summed E-state index contributed by atoms with van der Waals surface area (Å²) < 4.78 is 5.59. The summed E-state index contributed by atoms with van der Waals surface area (Å²) in [6.07, 6.45) is 5.47. The molecule has 1 atom stereocenters. The van der Waals surface area contributed by atoms with E-state index in [0.717, 1.165) is 49.3 Å². The first-order valence-electron chi connectivity index (χ1n) is 5.93. The highest BCUT2D eigenvalue weighted by atomic mass is 16.3. The van der Waals surface area contributed by atoms with Crippen LogP contribution < -0.4 is 16.1 Å². The number of nitrogens with one attached hydrogen (secondary N) is 1. The molecule has 2 heterocycles. The van der Waals surface area contributed by atoms with Crippen LogP contribution in [0.4, 0.5) is 0 Å². The van der Waals surface area contributed by atoms with Crippen LogP contribution >= 0.6 is 0 Å². The van der Waals surface area contributed by atoms with Crippen molar-refractivity contribution < 1.29 is 4.42 Å². The lowest BCUT2D eigenvalue weighted by molar-refractivity contribution is 0.212. The van der Waals surface area contributed by atoms with Gasteiger partial charge >= 0.3 is 0 Å². The molecule has 1 fully saturated rings. The minimum Gasteiger partial charge on any atom is -0.441 e. The summed E-state index contributed by atoms with van der Waals surface area (Å²) in [7, 11) is 0. The van der Waals surface area contributed by atoms with Gasteiger partial charge in [-0.05, 0) is 12.5 Å². The van der Waals surface area contributed by atoms with Crippen LogP contribution in [-0.2, 0) is 0 Å². The molecule has 0 radical (unpaired) electrons. The lowest BCUT2D eigenvalue weighted by atomic mass is 10.1. The highest BCUT2D eigenvalue weighted by Crippen LogP contribution is 2.09. The SMILES string of the molecule is Cc1nc2c(o1)=CC(N1CCNCC1)CC=2. The van der Waals surface area contributed by atoms with Crippen molar-refractivity contribution in [1.82, 2.24) is 15.2 Å². The molecule has 86 valence electrons. The maximum Gasteiger partial charge on any atom is 0.192 e. The number of hydrogen-bond acceptors (Lipinski definition) is 4. The van der Waals surface area contributed by atoms with Gasteiger partial charge in [-0.3, -0.25) is 4.90 Å². The molecule has 4 heteroatoms. The van der Waals surface area contributed by atoms with Gasteiger partial charge in [-0.25, -0.2) is 4.98 Å². The highest BCUT2D eigenvalue weighted by molar-refractivity contribution is 5.38. The third-order valence-electron chi connectivity index (χ3n) is 3.31. The van der Waals surface area contributed by atoms with Crippen LogP contribution in [0.5, 0.6) is 0 Å². The number of hydrogen-bond donors (Lipinski definition) is 1. The predicted molar refractivity (Wildman–Crippen MR) is 62.3 cm³/mol. The smallest absolute Gasteiger partial charge is 0.192 e. The second-order valence-corrected chi connectivity index (χ2v) is 4.44. The first-order chi connectivity index (χ1) is 7.83. The van der Waals surface area contributed by atoms with E-state index in [2.05, 4.69) is 27.4 Å². The normalized spacial score (nSPS) is 25.7. The molecule has 1 aromatic rings. The Kier molecular flexibility index (Phi) is 2.53. The van der Waals surface area contributed by atoms with E-state index in [1.165, 1.54) is 0 Å². The molecule has 0 amide bonds. The first-order valence-corrected chi connectivity index (χ1v) is 5.93. The Morgan fingerprint density at radius 2 is 2.25 bits per heavy atom. The van der Waals surface area contributed by atoms with Gasteiger partial charge in [0.2, 0.25) is 0 Å². The second kappa shape index (κ2) is 4.03. The van der Waals surface area contributed by atoms with E-state index in [1.54, 1.807) is 0 Å². The second-order valence-electron chi connectivity index (χ2n) is 4.44. The van der Waals surface area contributed by atoms with Crippen LogP contribution in [0.15, 0.2) is 4.42 Å². The molecule has 0 saturated carbocycles. The van der Waals surface area contributed by atoms with E-state index in [9.17, 15) is 0 Å². The minimum absolute atomic E-state index is 0.488. The van der Waals surface area contributed by atoms with Crippen molar-refractivity contribution in [3.05, 3.63) is 16.7 Å². The Labute approximate surface area is 94.6 Å². The number of oxazole rings is 1. The third kappa shape index (κ3) is 1.79. The molecule has 16 heavy (non-hydrogen) atoms. The maximum absolute atomic E-state index is 5.59. The number of aromatic nitrogens is 1. The van der Waals surface area contributed by atoms with Crippen LogP contribution in [0.25, 0.3) is 12.2 Å². The van der Waals surface area contributed by atoms with Crippen LogP contribution in [0.1, 0.15) is 12.3 Å². The lowest BCUT2D eigenvalue weighted by Gasteiger charge is -2.33. The third-order valence-corrected chi connectivity index (χ3v) is 3.31. The minimum atomic E-state index is 0.488. The fraction of sp³-hybridized carbons (Fsp3) is 0.583. The number of aryl methyl sites for hydroxylation is 1. The number of rotatable bonds is 1. The molecule has 3 rings (SSSR count). The average Bonchev–Trinajstić information content (AvgIpc) is 2.69. The van der Waals surface area contributed by atoms with Crippen molar-refractivity contribution in [2.75, 3.05) is 26.2 Å². The summed E-state index contributed by atoms with van der Waals surface area (Å²) in [5.74, 6) is 0.762. The van der Waals surface area contributed by atoms with Crippen molar-refractivity contribution in [3.63, 3.8) is 0 Å². The van der Waals surface area contributed by atoms with Crippen LogP contribution in [0, 0.1) is 6.92 Å². The molecule has 0 bridgehead atoms. The fourth-order valence-electron chi connectivity index (χ4n) is 2.47. The van der Waals surface area contributed by atoms with Crippen molar-refractivity contribution in [2.24, 2.45) is 0 Å². The summed E-state index contributed by atoms with van der Waals surface area (Å²) in [4.78, 5) is 6.85. The van der Waals surface area contributed by atoms with Gasteiger partial charge in [-0.15, -0.1) is 0 Å². The van der Waals surface area contributed by atoms with Crippen LogP contribution in [-0.4, -0.2) is 42.1 Å². The van der Waals surface area contributed by atoms with Gasteiger partial charge in [-0.1, -0.05) is 6.08 Å². The molecule has 0 aromatic carbocycles. The van der Waals surface area contributed by atoms with E-state index >= 15 is 0 Å². The summed E-state index contributed by atoms with van der Waals surface area (Å²) in [6.45, 7) is 6.33. The summed E-state index contributed by atoms with van der Waals surface area (Å²) in [5.41, 5.74) is 0.951. The Balaban J connectivity index is 1.87. The fourth-order valence-corrected chi connectivity index (χ4v) is 2.47. The molecule has 0 spiro atoms. The molecule has 1 aromatic heterocycles. The first kappa shape index (κ1) is 10.1. The Morgan fingerprint density at radius 3 is 3.06 bits per heavy atom.